The van der Waals surface area contributed by atoms with E-state index in [-0.39, 0.29) is 5.92 Å². The molecule has 0 spiro atoms. The van der Waals surface area contributed by atoms with Gasteiger partial charge in [-0.1, -0.05) is 0 Å². The molecule has 0 amide bonds. The van der Waals surface area contributed by atoms with Crippen LogP contribution in [0.15, 0.2) is 0 Å². The van der Waals surface area contributed by atoms with E-state index in [4.69, 9.17) is 0 Å². The van der Waals surface area contributed by atoms with Crippen LogP contribution in [0.3, 0.4) is 0 Å². The van der Waals surface area contributed by atoms with Crippen LogP contribution >= 0.6 is 0 Å². The number of fused-ring (bicyclic) bond motifs is 3. The Morgan fingerprint density at radius 2 is 2.07 bits per heavy atom. The minimum atomic E-state index is 0.262. The summed E-state index contributed by atoms with van der Waals surface area (Å²) in [5.74, 6) is 1.69. The molecule has 1 saturated carbocycles. The van der Waals surface area contributed by atoms with Gasteiger partial charge in [0.2, 0.25) is 0 Å². The van der Waals surface area contributed by atoms with Crippen LogP contribution < -0.4 is 10.6 Å². The molecule has 3 heteroatoms. The van der Waals surface area contributed by atoms with Crippen molar-refractivity contribution in [2.45, 2.75) is 31.3 Å². The number of hydrogen-bond donors (Lipinski definition) is 2. The molecule has 3 fully saturated rings. The third-order valence-corrected chi connectivity index (χ3v) is 4.42. The highest BCUT2D eigenvalue weighted by atomic mass is 16.1. The predicted molar refractivity (Wildman–Crippen MR) is 54.0 cm³/mol. The largest absolute Gasteiger partial charge is 0.313 e. The van der Waals surface area contributed by atoms with Gasteiger partial charge in [-0.2, -0.15) is 0 Å². The van der Waals surface area contributed by atoms with Crippen molar-refractivity contribution in [2.24, 2.45) is 17.8 Å². The van der Waals surface area contributed by atoms with Gasteiger partial charge in [0.15, 0.2) is 0 Å². The van der Waals surface area contributed by atoms with E-state index in [1.807, 2.05) is 0 Å². The van der Waals surface area contributed by atoms with E-state index in [0.717, 1.165) is 19.0 Å². The highest BCUT2D eigenvalue weighted by Gasteiger charge is 2.48. The Balaban J connectivity index is 1.84. The SMILES string of the molecule is O=CC1CNC2CCC3CCNC3C12. The van der Waals surface area contributed by atoms with Gasteiger partial charge >= 0.3 is 0 Å². The number of aldehydes is 1. The van der Waals surface area contributed by atoms with Crippen molar-refractivity contribution >= 4 is 6.29 Å². The smallest absolute Gasteiger partial charge is 0.124 e. The first-order chi connectivity index (χ1) is 6.90. The lowest BCUT2D eigenvalue weighted by Gasteiger charge is -2.37. The van der Waals surface area contributed by atoms with E-state index >= 15 is 0 Å². The van der Waals surface area contributed by atoms with Crippen LogP contribution in [0.2, 0.25) is 0 Å². The number of hydrogen-bond acceptors (Lipinski definition) is 3. The average Bonchev–Trinajstić information content (AvgIpc) is 2.82. The molecule has 5 atom stereocenters. The minimum absolute atomic E-state index is 0.262. The standard InChI is InChI=1S/C11H18N2O/c14-6-8-5-13-9-2-1-7-3-4-12-11(7)10(8)9/h6-13H,1-5H2. The molecule has 5 unspecified atom stereocenters. The molecular formula is C11H18N2O. The number of nitrogens with one attached hydrogen (secondary N) is 2. The van der Waals surface area contributed by atoms with Crippen LogP contribution in [0.1, 0.15) is 19.3 Å². The second-order valence-corrected chi connectivity index (χ2v) is 5.00. The summed E-state index contributed by atoms with van der Waals surface area (Å²) in [5, 5.41) is 7.10. The van der Waals surface area contributed by atoms with Crippen molar-refractivity contribution in [1.82, 2.24) is 10.6 Å². The van der Waals surface area contributed by atoms with Crippen molar-refractivity contribution in [3.05, 3.63) is 0 Å². The van der Waals surface area contributed by atoms with Crippen molar-refractivity contribution in [3.63, 3.8) is 0 Å². The van der Waals surface area contributed by atoms with E-state index < -0.39 is 0 Å². The highest BCUT2D eigenvalue weighted by Crippen LogP contribution is 2.40. The first-order valence-corrected chi connectivity index (χ1v) is 5.82. The third-order valence-electron chi connectivity index (χ3n) is 4.42. The fraction of sp³-hybridized carbons (Fsp3) is 0.909. The van der Waals surface area contributed by atoms with E-state index in [1.54, 1.807) is 0 Å². The summed E-state index contributed by atoms with van der Waals surface area (Å²) in [6.07, 6.45) is 5.11. The van der Waals surface area contributed by atoms with Crippen LogP contribution in [0, 0.1) is 17.8 Å². The Morgan fingerprint density at radius 1 is 1.14 bits per heavy atom. The molecule has 3 rings (SSSR count). The molecule has 2 heterocycles. The molecule has 2 N–H and O–H groups in total. The van der Waals surface area contributed by atoms with Gasteiger partial charge < -0.3 is 15.4 Å². The maximum absolute atomic E-state index is 11.0. The quantitative estimate of drug-likeness (QED) is 0.584. The molecule has 2 saturated heterocycles. The fourth-order valence-corrected chi connectivity index (χ4v) is 3.76. The molecule has 0 bridgehead atoms. The summed E-state index contributed by atoms with van der Waals surface area (Å²) in [4.78, 5) is 11.0. The van der Waals surface area contributed by atoms with Crippen molar-refractivity contribution < 1.29 is 4.79 Å². The van der Waals surface area contributed by atoms with Gasteiger partial charge in [-0.05, 0) is 31.7 Å². The summed E-state index contributed by atoms with van der Waals surface area (Å²) >= 11 is 0. The first-order valence-electron chi connectivity index (χ1n) is 5.82. The molecular weight excluding hydrogens is 176 g/mol. The maximum Gasteiger partial charge on any atom is 0.124 e. The van der Waals surface area contributed by atoms with Gasteiger partial charge in [0.25, 0.3) is 0 Å². The minimum Gasteiger partial charge on any atom is -0.313 e. The highest BCUT2D eigenvalue weighted by molar-refractivity contribution is 5.56. The van der Waals surface area contributed by atoms with Gasteiger partial charge in [-0.3, -0.25) is 0 Å². The molecule has 0 aromatic rings. The van der Waals surface area contributed by atoms with Crippen LogP contribution in [-0.4, -0.2) is 31.5 Å². The molecule has 1 aliphatic carbocycles. The van der Waals surface area contributed by atoms with Crippen molar-refractivity contribution in [1.29, 1.82) is 0 Å². The third kappa shape index (κ3) is 1.15. The lowest BCUT2D eigenvalue weighted by molar-refractivity contribution is -0.112. The lowest BCUT2D eigenvalue weighted by Crippen LogP contribution is -2.47. The van der Waals surface area contributed by atoms with Gasteiger partial charge in [0, 0.05) is 30.5 Å². The number of carbonyl (C=O) groups excluding carboxylic acids is 1. The number of carbonyl (C=O) groups is 1. The van der Waals surface area contributed by atoms with Crippen molar-refractivity contribution in [3.8, 4) is 0 Å². The summed E-state index contributed by atoms with van der Waals surface area (Å²) in [6, 6.07) is 1.23. The Kier molecular flexibility index (Phi) is 2.10. The Labute approximate surface area is 84.6 Å². The summed E-state index contributed by atoms with van der Waals surface area (Å²) in [6.45, 7) is 2.06. The van der Waals surface area contributed by atoms with Gasteiger partial charge in [0.05, 0.1) is 0 Å². The number of rotatable bonds is 1. The summed E-state index contributed by atoms with van der Waals surface area (Å²) in [7, 11) is 0. The first kappa shape index (κ1) is 8.86. The molecule has 78 valence electrons. The molecule has 0 radical (unpaired) electrons. The zero-order valence-corrected chi connectivity index (χ0v) is 8.41. The van der Waals surface area contributed by atoms with E-state index in [1.165, 1.54) is 25.5 Å². The maximum atomic E-state index is 11.0. The topological polar surface area (TPSA) is 41.1 Å². The van der Waals surface area contributed by atoms with E-state index in [0.29, 0.717) is 18.0 Å². The zero-order valence-electron chi connectivity index (χ0n) is 8.41. The van der Waals surface area contributed by atoms with E-state index in [9.17, 15) is 4.79 Å². The Hall–Kier alpha value is -0.410. The molecule has 0 aromatic heterocycles. The fourth-order valence-electron chi connectivity index (χ4n) is 3.76. The van der Waals surface area contributed by atoms with Crippen LogP contribution in [-0.2, 0) is 4.79 Å². The monoisotopic (exact) mass is 194 g/mol. The normalized spacial score (nSPS) is 51.3. The summed E-state index contributed by atoms with van der Waals surface area (Å²) < 4.78 is 0. The Morgan fingerprint density at radius 3 is 2.93 bits per heavy atom. The molecule has 3 aliphatic rings. The molecule has 2 aliphatic heterocycles. The Bertz CT molecular complexity index is 243. The lowest BCUT2D eigenvalue weighted by atomic mass is 9.72. The molecule has 0 aromatic carbocycles. The van der Waals surface area contributed by atoms with Crippen molar-refractivity contribution in [2.75, 3.05) is 13.1 Å². The van der Waals surface area contributed by atoms with Gasteiger partial charge in [-0.15, -0.1) is 0 Å². The van der Waals surface area contributed by atoms with Gasteiger partial charge in [0.1, 0.15) is 6.29 Å². The second kappa shape index (κ2) is 3.31. The van der Waals surface area contributed by atoms with Crippen LogP contribution in [0.4, 0.5) is 0 Å². The van der Waals surface area contributed by atoms with Crippen LogP contribution in [0.25, 0.3) is 0 Å². The molecule has 14 heavy (non-hydrogen) atoms. The van der Waals surface area contributed by atoms with Crippen LogP contribution in [0.5, 0.6) is 0 Å². The average molecular weight is 194 g/mol. The summed E-state index contributed by atoms with van der Waals surface area (Å²) in [5.41, 5.74) is 0. The second-order valence-electron chi connectivity index (χ2n) is 5.00. The van der Waals surface area contributed by atoms with E-state index in [2.05, 4.69) is 10.6 Å². The van der Waals surface area contributed by atoms with Gasteiger partial charge in [-0.25, -0.2) is 0 Å². The molecule has 3 nitrogen and oxygen atoms in total. The zero-order chi connectivity index (χ0) is 9.54. The predicted octanol–water partition coefficient (Wildman–Crippen LogP) is 0.161.